The standard InChI is InChI=1S/C18H25ClN4O4/c1-12(16(24)21-18(26)20-2)22-8-10-23(11-9-22)15(17(25)27-3)13-6-4-5-7-14(13)19/h4-7,12,15H,8-11H2,1-3H3,(H2,20,21,24,26)/t12-,15-/m0/s1. The van der Waals surface area contributed by atoms with Gasteiger partial charge in [-0.1, -0.05) is 29.8 Å². The molecule has 2 rings (SSSR count). The minimum Gasteiger partial charge on any atom is -0.468 e. The van der Waals surface area contributed by atoms with E-state index in [0.717, 1.165) is 0 Å². The number of nitrogens with zero attached hydrogens (tertiary/aromatic N) is 2. The molecule has 0 saturated carbocycles. The van der Waals surface area contributed by atoms with Crippen molar-refractivity contribution in [3.63, 3.8) is 0 Å². The first-order valence-electron chi connectivity index (χ1n) is 8.72. The first kappa shape index (κ1) is 21.1. The molecule has 1 saturated heterocycles. The van der Waals surface area contributed by atoms with E-state index in [4.69, 9.17) is 16.3 Å². The molecule has 148 valence electrons. The van der Waals surface area contributed by atoms with Crippen LogP contribution in [0, 0.1) is 0 Å². The molecule has 1 aliphatic rings. The number of imide groups is 1. The molecular formula is C18H25ClN4O4. The van der Waals surface area contributed by atoms with E-state index in [1.807, 2.05) is 28.0 Å². The van der Waals surface area contributed by atoms with Crippen LogP contribution in [0.5, 0.6) is 0 Å². The highest BCUT2D eigenvalue weighted by molar-refractivity contribution is 6.31. The molecule has 1 aromatic carbocycles. The summed E-state index contributed by atoms with van der Waals surface area (Å²) in [6, 6.07) is 5.62. The Kier molecular flexibility index (Phi) is 7.58. The summed E-state index contributed by atoms with van der Waals surface area (Å²) < 4.78 is 4.98. The summed E-state index contributed by atoms with van der Waals surface area (Å²) in [6.45, 7) is 4.01. The highest BCUT2D eigenvalue weighted by Crippen LogP contribution is 2.29. The quantitative estimate of drug-likeness (QED) is 0.722. The molecule has 1 aliphatic heterocycles. The number of rotatable bonds is 5. The molecule has 0 aliphatic carbocycles. The van der Waals surface area contributed by atoms with Crippen LogP contribution in [0.15, 0.2) is 24.3 Å². The lowest BCUT2D eigenvalue weighted by Gasteiger charge is -2.40. The van der Waals surface area contributed by atoms with Crippen molar-refractivity contribution in [1.82, 2.24) is 20.4 Å². The summed E-state index contributed by atoms with van der Waals surface area (Å²) in [5.41, 5.74) is 0.699. The van der Waals surface area contributed by atoms with Crippen LogP contribution in [-0.2, 0) is 14.3 Å². The van der Waals surface area contributed by atoms with Gasteiger partial charge in [0, 0.05) is 38.2 Å². The van der Waals surface area contributed by atoms with Gasteiger partial charge in [-0.15, -0.1) is 0 Å². The highest BCUT2D eigenvalue weighted by Gasteiger charge is 2.34. The van der Waals surface area contributed by atoms with Crippen molar-refractivity contribution in [1.29, 1.82) is 0 Å². The number of ether oxygens (including phenoxy) is 1. The first-order valence-corrected chi connectivity index (χ1v) is 9.09. The number of benzene rings is 1. The third-order valence-corrected chi connectivity index (χ3v) is 5.07. The normalized spacial score (nSPS) is 17.6. The molecular weight excluding hydrogens is 372 g/mol. The third kappa shape index (κ3) is 5.18. The predicted molar refractivity (Wildman–Crippen MR) is 101 cm³/mol. The van der Waals surface area contributed by atoms with Gasteiger partial charge in [-0.05, 0) is 18.6 Å². The fourth-order valence-electron chi connectivity index (χ4n) is 3.11. The number of hydrogen-bond acceptors (Lipinski definition) is 6. The van der Waals surface area contributed by atoms with Crippen molar-refractivity contribution in [2.24, 2.45) is 0 Å². The van der Waals surface area contributed by atoms with E-state index < -0.39 is 18.1 Å². The Balaban J connectivity index is 2.05. The van der Waals surface area contributed by atoms with Crippen LogP contribution < -0.4 is 10.6 Å². The maximum absolute atomic E-state index is 12.4. The van der Waals surface area contributed by atoms with Gasteiger partial charge in [0.1, 0.15) is 6.04 Å². The van der Waals surface area contributed by atoms with Crippen LogP contribution in [0.1, 0.15) is 18.5 Å². The highest BCUT2D eigenvalue weighted by atomic mass is 35.5. The molecule has 1 aromatic rings. The number of halogens is 1. The van der Waals surface area contributed by atoms with Crippen LogP contribution in [0.25, 0.3) is 0 Å². The fraction of sp³-hybridized carbons (Fsp3) is 0.500. The van der Waals surface area contributed by atoms with Gasteiger partial charge in [-0.2, -0.15) is 0 Å². The number of urea groups is 1. The Labute approximate surface area is 163 Å². The molecule has 3 amide bonds. The molecule has 0 bridgehead atoms. The van der Waals surface area contributed by atoms with Crippen LogP contribution in [0.4, 0.5) is 4.79 Å². The second-order valence-electron chi connectivity index (χ2n) is 6.26. The van der Waals surface area contributed by atoms with E-state index in [0.29, 0.717) is 36.8 Å². The first-order chi connectivity index (χ1) is 12.9. The summed E-state index contributed by atoms with van der Waals surface area (Å²) in [5.74, 6) is -0.736. The lowest BCUT2D eigenvalue weighted by molar-refractivity contribution is -0.148. The van der Waals surface area contributed by atoms with Gasteiger partial charge >= 0.3 is 12.0 Å². The molecule has 9 heteroatoms. The van der Waals surface area contributed by atoms with E-state index in [-0.39, 0.29) is 11.9 Å². The maximum Gasteiger partial charge on any atom is 0.327 e. The molecule has 27 heavy (non-hydrogen) atoms. The van der Waals surface area contributed by atoms with Crippen molar-refractivity contribution >= 4 is 29.5 Å². The number of piperazine rings is 1. The fourth-order valence-corrected chi connectivity index (χ4v) is 3.35. The van der Waals surface area contributed by atoms with Crippen molar-refractivity contribution < 1.29 is 19.1 Å². The molecule has 8 nitrogen and oxygen atoms in total. The molecule has 1 fully saturated rings. The summed E-state index contributed by atoms with van der Waals surface area (Å²) in [5, 5.41) is 5.15. The zero-order valence-corrected chi connectivity index (χ0v) is 16.5. The predicted octanol–water partition coefficient (Wildman–Crippen LogP) is 1.02. The minimum absolute atomic E-state index is 0.363. The Morgan fingerprint density at radius 2 is 1.70 bits per heavy atom. The van der Waals surface area contributed by atoms with Gasteiger partial charge in [-0.3, -0.25) is 19.9 Å². The second kappa shape index (κ2) is 9.68. The molecule has 0 spiro atoms. The van der Waals surface area contributed by atoms with E-state index in [1.54, 1.807) is 13.0 Å². The largest absolute Gasteiger partial charge is 0.468 e. The Morgan fingerprint density at radius 3 is 2.26 bits per heavy atom. The monoisotopic (exact) mass is 396 g/mol. The van der Waals surface area contributed by atoms with E-state index in [1.165, 1.54) is 14.2 Å². The van der Waals surface area contributed by atoms with Crippen molar-refractivity contribution in [2.75, 3.05) is 40.3 Å². The van der Waals surface area contributed by atoms with E-state index in [9.17, 15) is 14.4 Å². The van der Waals surface area contributed by atoms with Crippen molar-refractivity contribution in [2.45, 2.75) is 19.0 Å². The van der Waals surface area contributed by atoms with E-state index in [2.05, 4.69) is 10.6 Å². The van der Waals surface area contributed by atoms with Gasteiger partial charge < -0.3 is 10.1 Å². The maximum atomic E-state index is 12.4. The third-order valence-electron chi connectivity index (χ3n) is 4.73. The number of carbonyl (C=O) groups is 3. The molecule has 0 aromatic heterocycles. The summed E-state index contributed by atoms with van der Waals surface area (Å²) in [7, 11) is 2.81. The zero-order chi connectivity index (χ0) is 20.0. The average molecular weight is 397 g/mol. The van der Waals surface area contributed by atoms with Crippen molar-refractivity contribution in [3.8, 4) is 0 Å². The molecule has 0 radical (unpaired) electrons. The number of methoxy groups -OCH3 is 1. The van der Waals surface area contributed by atoms with Gasteiger partial charge in [0.25, 0.3) is 0 Å². The van der Waals surface area contributed by atoms with Gasteiger partial charge in [0.05, 0.1) is 13.2 Å². The lowest BCUT2D eigenvalue weighted by Crippen LogP contribution is -2.56. The van der Waals surface area contributed by atoms with Gasteiger partial charge in [0.15, 0.2) is 0 Å². The van der Waals surface area contributed by atoms with Crippen LogP contribution >= 0.6 is 11.6 Å². The van der Waals surface area contributed by atoms with Crippen LogP contribution in [0.2, 0.25) is 5.02 Å². The van der Waals surface area contributed by atoms with Gasteiger partial charge in [-0.25, -0.2) is 9.59 Å². The molecule has 1 heterocycles. The Morgan fingerprint density at radius 1 is 1.11 bits per heavy atom. The summed E-state index contributed by atoms with van der Waals surface area (Å²) in [4.78, 5) is 39.8. The average Bonchev–Trinajstić information content (AvgIpc) is 2.69. The van der Waals surface area contributed by atoms with Crippen LogP contribution in [0.3, 0.4) is 0 Å². The number of carbonyl (C=O) groups excluding carboxylic acids is 3. The smallest absolute Gasteiger partial charge is 0.327 e. The number of hydrogen-bond donors (Lipinski definition) is 2. The zero-order valence-electron chi connectivity index (χ0n) is 15.7. The number of amides is 3. The minimum atomic E-state index is -0.596. The van der Waals surface area contributed by atoms with Crippen molar-refractivity contribution in [3.05, 3.63) is 34.9 Å². The summed E-state index contributed by atoms with van der Waals surface area (Å²) >= 11 is 6.29. The number of nitrogens with one attached hydrogen (secondary N) is 2. The van der Waals surface area contributed by atoms with Crippen LogP contribution in [-0.4, -0.2) is 74.1 Å². The molecule has 2 atom stereocenters. The van der Waals surface area contributed by atoms with E-state index >= 15 is 0 Å². The molecule has 2 N–H and O–H groups in total. The second-order valence-corrected chi connectivity index (χ2v) is 6.67. The Hall–Kier alpha value is -2.16. The lowest BCUT2D eigenvalue weighted by atomic mass is 10.0. The SMILES string of the molecule is CNC(=O)NC(=O)[C@H](C)N1CCN([C@H](C(=O)OC)c2ccccc2Cl)CC1. The summed E-state index contributed by atoms with van der Waals surface area (Å²) in [6.07, 6.45) is 0. The number of esters is 1. The van der Waals surface area contributed by atoms with Gasteiger partial charge in [0.2, 0.25) is 5.91 Å². The topological polar surface area (TPSA) is 91.0 Å². The Bertz CT molecular complexity index is 692. The molecule has 0 unspecified atom stereocenters.